The zero-order chi connectivity index (χ0) is 21.1. The number of hydrogen-bond donors (Lipinski definition) is 2. The van der Waals surface area contributed by atoms with Crippen LogP contribution in [0.1, 0.15) is 31.2 Å². The van der Waals surface area contributed by atoms with Gasteiger partial charge in [-0.25, -0.2) is 27.6 Å². The van der Waals surface area contributed by atoms with E-state index in [2.05, 4.69) is 31.9 Å². The van der Waals surface area contributed by atoms with E-state index in [0.29, 0.717) is 42.6 Å². The smallest absolute Gasteiger partial charge is 0.241 e. The van der Waals surface area contributed by atoms with E-state index in [4.69, 9.17) is 5.73 Å². The summed E-state index contributed by atoms with van der Waals surface area (Å²) in [6.45, 7) is 0. The molecule has 30 heavy (non-hydrogen) atoms. The van der Waals surface area contributed by atoms with Crippen molar-refractivity contribution in [3.8, 4) is 23.4 Å². The number of nitrogens with one attached hydrogen (secondary N) is 1. The quantitative estimate of drug-likeness (QED) is 0.639. The molecule has 3 aromatic rings. The normalized spacial score (nSPS) is 24.9. The van der Waals surface area contributed by atoms with Crippen LogP contribution < -0.4 is 10.5 Å². The number of fused-ring (bicyclic) bond motifs is 2. The molecule has 0 atom stereocenters. The maximum atomic E-state index is 13.1. The molecule has 11 heteroatoms. The van der Waals surface area contributed by atoms with E-state index in [9.17, 15) is 18.9 Å². The summed E-state index contributed by atoms with van der Waals surface area (Å²) in [6.07, 6.45) is 5.15. The number of imidazole rings is 1. The predicted molar refractivity (Wildman–Crippen MR) is 105 cm³/mol. The number of sulfonamides is 1. The van der Waals surface area contributed by atoms with Crippen molar-refractivity contribution < 1.29 is 8.42 Å². The molecule has 1 aromatic carbocycles. The van der Waals surface area contributed by atoms with Gasteiger partial charge in [-0.05, 0) is 43.9 Å². The van der Waals surface area contributed by atoms with Crippen LogP contribution in [0.2, 0.25) is 0 Å². The van der Waals surface area contributed by atoms with Crippen LogP contribution in [0.25, 0.3) is 16.9 Å². The molecular formula is C19H16N8O2S. The second kappa shape index (κ2) is 5.98. The average Bonchev–Trinajstić information content (AvgIpc) is 3.39. The van der Waals surface area contributed by atoms with Gasteiger partial charge in [-0.3, -0.25) is 0 Å². The summed E-state index contributed by atoms with van der Waals surface area (Å²) in [4.78, 5) is 8.10. The zero-order valence-corrected chi connectivity index (χ0v) is 16.5. The highest BCUT2D eigenvalue weighted by atomic mass is 32.2. The number of nitrogen functional groups attached to an aromatic ring is 1. The average molecular weight is 420 g/mol. The van der Waals surface area contributed by atoms with Crippen LogP contribution in [0.4, 0.5) is 5.82 Å². The van der Waals surface area contributed by atoms with E-state index >= 15 is 0 Å². The minimum atomic E-state index is -3.86. The number of rotatable bonds is 4. The predicted octanol–water partition coefficient (Wildman–Crippen LogP) is 1.36. The zero-order valence-electron chi connectivity index (χ0n) is 15.7. The van der Waals surface area contributed by atoms with Gasteiger partial charge >= 0.3 is 0 Å². The Morgan fingerprint density at radius 3 is 2.70 bits per heavy atom. The third-order valence-electron chi connectivity index (χ3n) is 6.05. The van der Waals surface area contributed by atoms with E-state index in [-0.39, 0.29) is 16.3 Å². The number of hydrogen-bond acceptors (Lipinski definition) is 8. The summed E-state index contributed by atoms with van der Waals surface area (Å²) in [7, 11) is -3.86. The van der Waals surface area contributed by atoms with E-state index in [0.717, 1.165) is 0 Å². The van der Waals surface area contributed by atoms with Crippen LogP contribution in [0, 0.1) is 28.1 Å². The topological polar surface area (TPSA) is 163 Å². The summed E-state index contributed by atoms with van der Waals surface area (Å²) in [6, 6.07) is 8.69. The molecule has 0 unspecified atom stereocenters. The van der Waals surface area contributed by atoms with E-state index in [1.165, 1.54) is 35.2 Å². The fourth-order valence-electron chi connectivity index (χ4n) is 4.70. The number of nitrogens with two attached hydrogens (primary N) is 1. The second-order valence-corrected chi connectivity index (χ2v) is 9.66. The van der Waals surface area contributed by atoms with Crippen molar-refractivity contribution in [3.63, 3.8) is 0 Å². The molecule has 2 heterocycles. The minimum absolute atomic E-state index is 0.0317. The van der Waals surface area contributed by atoms with Crippen LogP contribution >= 0.6 is 0 Å². The monoisotopic (exact) mass is 420 g/mol. The van der Waals surface area contributed by atoms with Crippen LogP contribution in [0.15, 0.2) is 35.6 Å². The third-order valence-corrected chi connectivity index (χ3v) is 7.63. The van der Waals surface area contributed by atoms with Gasteiger partial charge in [-0.15, -0.1) is 0 Å². The fraction of sp³-hybridized carbons (Fsp3) is 0.316. The molecule has 3 aliphatic carbocycles. The largest absolute Gasteiger partial charge is 0.381 e. The van der Waals surface area contributed by atoms with Gasteiger partial charge in [0.2, 0.25) is 10.0 Å². The Hall–Kier alpha value is -3.54. The third kappa shape index (κ3) is 2.56. The molecule has 3 fully saturated rings. The van der Waals surface area contributed by atoms with Gasteiger partial charge in [0.25, 0.3) is 0 Å². The first-order chi connectivity index (χ1) is 14.3. The standard InChI is InChI=1S/C19H16N8O2S/c20-6-12-1-2-13(30(28,29)26-19-4-3-18(8-19,9-19)10-21)5-14(12)15-7-23-17-16(22)24-11-25-27(15)17/h1-2,5,7,11,26H,3-4,8-9H2,(H2,22,24,25). The molecule has 0 radical (unpaired) electrons. The minimum Gasteiger partial charge on any atom is -0.381 e. The summed E-state index contributed by atoms with van der Waals surface area (Å²) in [5, 5.41) is 23.0. The SMILES string of the molecule is N#Cc1ccc(S(=O)(=O)NC23CCC(C#N)(C2)C3)cc1-c1cnc2c(N)ncnn12. The number of aromatic nitrogens is 4. The molecule has 2 bridgehead atoms. The van der Waals surface area contributed by atoms with Gasteiger partial charge in [-0.2, -0.15) is 15.6 Å². The van der Waals surface area contributed by atoms with Gasteiger partial charge in [0.15, 0.2) is 11.5 Å². The second-order valence-electron chi connectivity index (χ2n) is 7.97. The molecule has 10 nitrogen and oxygen atoms in total. The Balaban J connectivity index is 1.56. The molecule has 0 amide bonds. The maximum absolute atomic E-state index is 13.1. The summed E-state index contributed by atoms with van der Waals surface area (Å²) >= 11 is 0. The molecular weight excluding hydrogens is 404 g/mol. The first kappa shape index (κ1) is 18.5. The van der Waals surface area contributed by atoms with Crippen molar-refractivity contribution >= 4 is 21.5 Å². The van der Waals surface area contributed by atoms with Crippen LogP contribution in [-0.4, -0.2) is 33.5 Å². The van der Waals surface area contributed by atoms with Crippen LogP contribution in [0.5, 0.6) is 0 Å². The lowest BCUT2D eigenvalue weighted by Gasteiger charge is -2.43. The van der Waals surface area contributed by atoms with Crippen molar-refractivity contribution in [2.45, 2.75) is 36.1 Å². The van der Waals surface area contributed by atoms with E-state index in [1.54, 1.807) is 0 Å². The van der Waals surface area contributed by atoms with Crippen molar-refractivity contribution in [2.24, 2.45) is 5.41 Å². The Morgan fingerprint density at radius 1 is 1.20 bits per heavy atom. The molecule has 0 saturated heterocycles. The molecule has 3 N–H and O–H groups in total. The van der Waals surface area contributed by atoms with Gasteiger partial charge < -0.3 is 5.73 Å². The highest BCUT2D eigenvalue weighted by molar-refractivity contribution is 7.89. The van der Waals surface area contributed by atoms with E-state index in [1.807, 2.05) is 0 Å². The number of benzene rings is 1. The van der Waals surface area contributed by atoms with E-state index < -0.39 is 21.0 Å². The van der Waals surface area contributed by atoms with Gasteiger partial charge in [-0.1, -0.05) is 0 Å². The number of nitriles is 2. The Kier molecular flexibility index (Phi) is 3.69. The van der Waals surface area contributed by atoms with Crippen LogP contribution in [0.3, 0.4) is 0 Å². The van der Waals surface area contributed by atoms with Gasteiger partial charge in [0, 0.05) is 11.1 Å². The molecule has 0 aliphatic heterocycles. The van der Waals surface area contributed by atoms with Gasteiger partial charge in [0.1, 0.15) is 6.33 Å². The first-order valence-electron chi connectivity index (χ1n) is 9.24. The van der Waals surface area contributed by atoms with Crippen molar-refractivity contribution in [2.75, 3.05) is 5.73 Å². The van der Waals surface area contributed by atoms with Gasteiger partial charge in [0.05, 0.1) is 39.9 Å². The van der Waals surface area contributed by atoms with Crippen LogP contribution in [-0.2, 0) is 10.0 Å². The highest BCUT2D eigenvalue weighted by Crippen LogP contribution is 2.61. The fourth-order valence-corrected chi connectivity index (χ4v) is 6.15. The lowest BCUT2D eigenvalue weighted by Crippen LogP contribution is -2.55. The highest BCUT2D eigenvalue weighted by Gasteiger charge is 2.62. The number of anilines is 1. The molecule has 150 valence electrons. The van der Waals surface area contributed by atoms with Crippen molar-refractivity contribution in [1.29, 1.82) is 10.5 Å². The Bertz CT molecular complexity index is 1390. The first-order valence-corrected chi connectivity index (χ1v) is 10.7. The van der Waals surface area contributed by atoms with Crippen molar-refractivity contribution in [1.82, 2.24) is 24.3 Å². The maximum Gasteiger partial charge on any atom is 0.241 e. The molecule has 2 aromatic heterocycles. The lowest BCUT2D eigenvalue weighted by atomic mass is 9.66. The summed E-state index contributed by atoms with van der Waals surface area (Å²) < 4.78 is 30.4. The molecule has 0 spiro atoms. The van der Waals surface area contributed by atoms with Crippen molar-refractivity contribution in [3.05, 3.63) is 36.3 Å². The summed E-state index contributed by atoms with van der Waals surface area (Å²) in [5.74, 6) is 0.173. The Morgan fingerprint density at radius 2 is 2.00 bits per heavy atom. The number of nitrogens with zero attached hydrogens (tertiary/aromatic N) is 6. The summed E-state index contributed by atoms with van der Waals surface area (Å²) in [5.41, 5.74) is 6.26. The lowest BCUT2D eigenvalue weighted by molar-refractivity contribution is 0.161. The Labute approximate surface area is 172 Å². The molecule has 3 aliphatic rings. The molecule has 3 saturated carbocycles. The molecule has 6 rings (SSSR count).